The van der Waals surface area contributed by atoms with Crippen LogP contribution >= 0.6 is 0 Å². The zero-order valence-corrected chi connectivity index (χ0v) is 15.1. The molecular weight excluding hydrogens is 304 g/mol. The van der Waals surface area contributed by atoms with Crippen molar-refractivity contribution in [1.29, 1.82) is 0 Å². The summed E-state index contributed by atoms with van der Waals surface area (Å²) in [7, 11) is 4.37. The van der Waals surface area contributed by atoms with Gasteiger partial charge in [0.05, 0.1) is 27.7 Å². The van der Waals surface area contributed by atoms with Crippen molar-refractivity contribution < 1.29 is 4.57 Å². The molecule has 0 saturated carbocycles. The second-order valence-electron chi connectivity index (χ2n) is 7.21. The van der Waals surface area contributed by atoms with E-state index in [0.717, 1.165) is 0 Å². The standard InChI is InChI=1S/C23H21N2/c1-14-8-10-16-17-6-5-7-19-22(17)23(25(4)20(16)12-14)18-11-9-15(2)13-21(18)24(19)3/h5-13H,1-4H3/q+1. The minimum absolute atomic E-state index is 1.28. The number of aromatic nitrogens is 1. The normalized spacial score (nSPS) is 12.7. The molecule has 1 aromatic heterocycles. The van der Waals surface area contributed by atoms with Crippen molar-refractivity contribution in [2.75, 3.05) is 11.9 Å². The van der Waals surface area contributed by atoms with Crippen molar-refractivity contribution in [2.45, 2.75) is 13.8 Å². The summed E-state index contributed by atoms with van der Waals surface area (Å²) in [6, 6.07) is 20.2. The molecular formula is C23H21N2+. The molecule has 0 amide bonds. The maximum Gasteiger partial charge on any atom is 0.224 e. The van der Waals surface area contributed by atoms with Crippen LogP contribution in [0.4, 0.5) is 11.4 Å². The largest absolute Gasteiger partial charge is 0.343 e. The fourth-order valence-electron chi connectivity index (χ4n) is 4.29. The van der Waals surface area contributed by atoms with E-state index in [1.807, 2.05) is 0 Å². The average Bonchev–Trinajstić information content (AvgIpc) is 2.61. The lowest BCUT2D eigenvalue weighted by atomic mass is 9.92. The van der Waals surface area contributed by atoms with E-state index in [2.05, 4.69) is 92.0 Å². The highest BCUT2D eigenvalue weighted by molar-refractivity contribution is 6.17. The van der Waals surface area contributed by atoms with Gasteiger partial charge in [-0.1, -0.05) is 24.3 Å². The molecule has 0 bridgehead atoms. The van der Waals surface area contributed by atoms with E-state index in [4.69, 9.17) is 0 Å². The van der Waals surface area contributed by atoms with Crippen LogP contribution in [0.2, 0.25) is 0 Å². The molecule has 0 spiro atoms. The van der Waals surface area contributed by atoms with Gasteiger partial charge in [-0.05, 0) is 49.2 Å². The molecule has 0 N–H and O–H groups in total. The van der Waals surface area contributed by atoms with E-state index >= 15 is 0 Å². The van der Waals surface area contributed by atoms with Crippen LogP contribution in [0.15, 0.2) is 54.6 Å². The first-order valence-electron chi connectivity index (χ1n) is 8.76. The Morgan fingerprint density at radius 1 is 0.800 bits per heavy atom. The molecule has 0 saturated heterocycles. The van der Waals surface area contributed by atoms with Crippen LogP contribution in [-0.2, 0) is 7.05 Å². The molecule has 0 radical (unpaired) electrons. The third-order valence-electron chi connectivity index (χ3n) is 5.55. The van der Waals surface area contributed by atoms with Crippen LogP contribution in [0.3, 0.4) is 0 Å². The number of anilines is 2. The Labute approximate surface area is 147 Å². The molecule has 2 heterocycles. The third kappa shape index (κ3) is 1.82. The van der Waals surface area contributed by atoms with Gasteiger partial charge in [0.15, 0.2) is 0 Å². The molecule has 122 valence electrons. The summed E-state index contributed by atoms with van der Waals surface area (Å²) in [5.41, 5.74) is 9.06. The van der Waals surface area contributed by atoms with Crippen LogP contribution < -0.4 is 9.47 Å². The van der Waals surface area contributed by atoms with Gasteiger partial charge < -0.3 is 4.90 Å². The fourth-order valence-corrected chi connectivity index (χ4v) is 4.29. The van der Waals surface area contributed by atoms with Gasteiger partial charge in [0, 0.05) is 18.5 Å². The molecule has 4 aromatic rings. The first-order chi connectivity index (χ1) is 12.1. The Kier molecular flexibility index (Phi) is 2.79. The van der Waals surface area contributed by atoms with E-state index in [-0.39, 0.29) is 0 Å². The van der Waals surface area contributed by atoms with Crippen molar-refractivity contribution in [2.24, 2.45) is 7.05 Å². The number of benzene rings is 3. The summed E-state index contributed by atoms with van der Waals surface area (Å²) in [5, 5.41) is 4.00. The molecule has 0 atom stereocenters. The van der Waals surface area contributed by atoms with Crippen molar-refractivity contribution in [3.8, 4) is 11.3 Å². The third-order valence-corrected chi connectivity index (χ3v) is 5.55. The zero-order valence-electron chi connectivity index (χ0n) is 15.1. The van der Waals surface area contributed by atoms with Crippen LogP contribution in [-0.4, -0.2) is 7.05 Å². The summed E-state index contributed by atoms with van der Waals surface area (Å²) >= 11 is 0. The zero-order chi connectivity index (χ0) is 17.3. The predicted molar refractivity (Wildman–Crippen MR) is 106 cm³/mol. The quantitative estimate of drug-likeness (QED) is 0.319. The van der Waals surface area contributed by atoms with Gasteiger partial charge in [0.2, 0.25) is 11.2 Å². The Hall–Kier alpha value is -2.87. The van der Waals surface area contributed by atoms with Crippen LogP contribution in [0.5, 0.6) is 0 Å². The predicted octanol–water partition coefficient (Wildman–Crippen LogP) is 5.18. The van der Waals surface area contributed by atoms with Crippen LogP contribution in [0.1, 0.15) is 11.1 Å². The maximum absolute atomic E-state index is 2.37. The molecule has 1 aliphatic rings. The van der Waals surface area contributed by atoms with E-state index in [9.17, 15) is 0 Å². The van der Waals surface area contributed by atoms with Crippen molar-refractivity contribution in [3.05, 3.63) is 65.7 Å². The molecule has 2 nitrogen and oxygen atoms in total. The number of nitrogens with zero attached hydrogens (tertiary/aromatic N) is 2. The summed E-state index contributed by atoms with van der Waals surface area (Å²) in [5.74, 6) is 0. The van der Waals surface area contributed by atoms with Gasteiger partial charge in [-0.25, -0.2) is 0 Å². The Morgan fingerprint density at radius 3 is 2.40 bits per heavy atom. The average molecular weight is 325 g/mol. The first-order valence-corrected chi connectivity index (χ1v) is 8.76. The van der Waals surface area contributed by atoms with E-state index < -0.39 is 0 Å². The smallest absolute Gasteiger partial charge is 0.224 e. The van der Waals surface area contributed by atoms with Crippen LogP contribution in [0, 0.1) is 13.8 Å². The van der Waals surface area contributed by atoms with Crippen molar-refractivity contribution >= 4 is 33.1 Å². The summed E-state index contributed by atoms with van der Waals surface area (Å²) in [4.78, 5) is 2.33. The van der Waals surface area contributed by atoms with Crippen molar-refractivity contribution in [1.82, 2.24) is 0 Å². The lowest BCUT2D eigenvalue weighted by molar-refractivity contribution is -0.632. The van der Waals surface area contributed by atoms with Gasteiger partial charge >= 0.3 is 0 Å². The lowest BCUT2D eigenvalue weighted by Gasteiger charge is -2.29. The van der Waals surface area contributed by atoms with E-state index in [0.29, 0.717) is 0 Å². The highest BCUT2D eigenvalue weighted by Crippen LogP contribution is 2.46. The van der Waals surface area contributed by atoms with Gasteiger partial charge in [-0.2, -0.15) is 4.57 Å². The summed E-state index contributed by atoms with van der Waals surface area (Å²) in [6.45, 7) is 4.32. The number of fused-ring (bicyclic) bond motifs is 4. The van der Waals surface area contributed by atoms with Gasteiger partial charge in [-0.3, -0.25) is 0 Å². The number of hydrogen-bond donors (Lipinski definition) is 0. The molecule has 3 aromatic carbocycles. The molecule has 2 heteroatoms. The van der Waals surface area contributed by atoms with Gasteiger partial charge in [0.25, 0.3) is 0 Å². The highest BCUT2D eigenvalue weighted by atomic mass is 15.1. The molecule has 0 unspecified atom stereocenters. The minimum atomic E-state index is 1.28. The molecule has 1 aliphatic heterocycles. The Balaban J connectivity index is 2.08. The van der Waals surface area contributed by atoms with Crippen molar-refractivity contribution in [3.63, 3.8) is 0 Å². The SMILES string of the molecule is Cc1ccc2c(c1)N(C)c1cccc3c1c-2[n+](C)c1cc(C)ccc31. The number of pyridine rings is 1. The second kappa shape index (κ2) is 4.82. The van der Waals surface area contributed by atoms with E-state index in [1.165, 1.54) is 55.4 Å². The highest BCUT2D eigenvalue weighted by Gasteiger charge is 2.30. The molecule has 0 fully saturated rings. The minimum Gasteiger partial charge on any atom is -0.343 e. The number of aryl methyl sites for hydroxylation is 3. The Bertz CT molecular complexity index is 1190. The van der Waals surface area contributed by atoms with E-state index in [1.54, 1.807) is 0 Å². The second-order valence-corrected chi connectivity index (χ2v) is 7.21. The topological polar surface area (TPSA) is 7.12 Å². The van der Waals surface area contributed by atoms with Crippen LogP contribution in [0.25, 0.3) is 32.9 Å². The maximum atomic E-state index is 2.37. The van der Waals surface area contributed by atoms with Gasteiger partial charge in [0.1, 0.15) is 7.05 Å². The first kappa shape index (κ1) is 14.5. The molecule has 25 heavy (non-hydrogen) atoms. The summed E-state index contributed by atoms with van der Waals surface area (Å²) < 4.78 is 2.37. The summed E-state index contributed by atoms with van der Waals surface area (Å²) in [6.07, 6.45) is 0. The lowest BCUT2D eigenvalue weighted by Crippen LogP contribution is -2.34. The Morgan fingerprint density at radius 2 is 1.56 bits per heavy atom. The fraction of sp³-hybridized carbons (Fsp3) is 0.174. The molecule has 0 aliphatic carbocycles. The molecule has 5 rings (SSSR count). The number of rotatable bonds is 0. The van der Waals surface area contributed by atoms with Gasteiger partial charge in [-0.15, -0.1) is 0 Å². The monoisotopic (exact) mass is 325 g/mol. The number of hydrogen-bond acceptors (Lipinski definition) is 1.